The minimum atomic E-state index is -0.368. The van der Waals surface area contributed by atoms with Crippen molar-refractivity contribution in [3.8, 4) is 5.75 Å². The minimum Gasteiger partial charge on any atom is -0.506 e. The quantitative estimate of drug-likeness (QED) is 0.695. The molecule has 0 bridgehead atoms. The summed E-state index contributed by atoms with van der Waals surface area (Å²) in [7, 11) is 0. The third kappa shape index (κ3) is 3.03. The fourth-order valence-electron chi connectivity index (χ4n) is 4.20. The van der Waals surface area contributed by atoms with Crippen molar-refractivity contribution in [3.05, 3.63) is 44.7 Å². The zero-order valence-corrected chi connectivity index (χ0v) is 15.2. The van der Waals surface area contributed by atoms with Crippen molar-refractivity contribution in [2.24, 2.45) is 0 Å². The monoisotopic (exact) mass is 375 g/mol. The van der Waals surface area contributed by atoms with Crippen LogP contribution in [0, 0.1) is 0 Å². The molecule has 2 aromatic rings. The number of fused-ring (bicyclic) bond motifs is 1. The van der Waals surface area contributed by atoms with Crippen molar-refractivity contribution in [2.75, 3.05) is 5.32 Å². The highest BCUT2D eigenvalue weighted by atomic mass is 35.5. The molecule has 2 heterocycles. The summed E-state index contributed by atoms with van der Waals surface area (Å²) in [6, 6.07) is 5.06. The number of carbonyl (C=O) groups excluding carboxylic acids is 1. The Kier molecular flexibility index (Phi) is 4.53. The van der Waals surface area contributed by atoms with Crippen LogP contribution >= 0.6 is 11.6 Å². The number of anilines is 1. The molecular formula is C19H22ClN3O3. The number of benzene rings is 1. The van der Waals surface area contributed by atoms with Crippen molar-refractivity contribution in [2.45, 2.75) is 56.9 Å². The number of amides is 1. The minimum absolute atomic E-state index is 0.0131. The highest BCUT2D eigenvalue weighted by molar-refractivity contribution is 6.32. The second kappa shape index (κ2) is 6.83. The van der Waals surface area contributed by atoms with E-state index in [4.69, 9.17) is 11.6 Å². The lowest BCUT2D eigenvalue weighted by molar-refractivity contribution is -0.116. The van der Waals surface area contributed by atoms with Gasteiger partial charge in [-0.1, -0.05) is 43.4 Å². The molecule has 1 aromatic heterocycles. The summed E-state index contributed by atoms with van der Waals surface area (Å²) >= 11 is 6.04. The number of halogens is 1. The fraction of sp³-hybridized carbons (Fsp3) is 0.474. The van der Waals surface area contributed by atoms with Gasteiger partial charge in [0.25, 0.3) is 5.56 Å². The molecule has 0 spiro atoms. The van der Waals surface area contributed by atoms with E-state index < -0.39 is 0 Å². The largest absolute Gasteiger partial charge is 0.506 e. The topological polar surface area (TPSA) is 87.1 Å². The molecule has 1 aliphatic carbocycles. The highest BCUT2D eigenvalue weighted by Crippen LogP contribution is 2.39. The number of phenolic OH excluding ortho intramolecular Hbond substituents is 1. The van der Waals surface area contributed by atoms with Gasteiger partial charge in [-0.25, -0.2) is 0 Å². The van der Waals surface area contributed by atoms with Crippen molar-refractivity contribution >= 4 is 23.3 Å². The van der Waals surface area contributed by atoms with Gasteiger partial charge in [0.15, 0.2) is 0 Å². The molecule has 7 heteroatoms. The van der Waals surface area contributed by atoms with Crippen LogP contribution in [0.4, 0.5) is 5.82 Å². The van der Waals surface area contributed by atoms with Gasteiger partial charge in [0.2, 0.25) is 5.91 Å². The molecule has 6 nitrogen and oxygen atoms in total. The van der Waals surface area contributed by atoms with Crippen molar-refractivity contribution in [1.82, 2.24) is 9.78 Å². The van der Waals surface area contributed by atoms with Gasteiger partial charge in [-0.3, -0.25) is 19.4 Å². The predicted molar refractivity (Wildman–Crippen MR) is 100.0 cm³/mol. The lowest BCUT2D eigenvalue weighted by atomic mass is 9.87. The molecule has 1 fully saturated rings. The van der Waals surface area contributed by atoms with Crippen LogP contribution in [0.5, 0.6) is 5.75 Å². The number of phenols is 1. The lowest BCUT2D eigenvalue weighted by Crippen LogP contribution is -2.27. The van der Waals surface area contributed by atoms with Crippen LogP contribution in [-0.4, -0.2) is 20.8 Å². The molecule has 3 N–H and O–H groups in total. The summed E-state index contributed by atoms with van der Waals surface area (Å²) in [5, 5.41) is 15.7. The Labute approximate surface area is 156 Å². The molecule has 138 valence electrons. The van der Waals surface area contributed by atoms with E-state index in [-0.39, 0.29) is 40.6 Å². The zero-order valence-electron chi connectivity index (χ0n) is 14.4. The fourth-order valence-corrected chi connectivity index (χ4v) is 4.39. The number of carbonyl (C=O) groups is 1. The Hall–Kier alpha value is -2.21. The van der Waals surface area contributed by atoms with Crippen molar-refractivity contribution in [3.63, 3.8) is 0 Å². The summed E-state index contributed by atoms with van der Waals surface area (Å²) in [4.78, 5) is 25.1. The molecule has 0 radical (unpaired) electrons. The van der Waals surface area contributed by atoms with E-state index in [1.165, 1.54) is 18.9 Å². The number of hydrogen-bond acceptors (Lipinski definition) is 3. The molecule has 1 atom stereocenters. The van der Waals surface area contributed by atoms with E-state index >= 15 is 0 Å². The van der Waals surface area contributed by atoms with E-state index in [9.17, 15) is 14.7 Å². The summed E-state index contributed by atoms with van der Waals surface area (Å²) < 4.78 is 1.87. The number of H-pyrrole nitrogens is 1. The summed E-state index contributed by atoms with van der Waals surface area (Å²) in [5.74, 6) is 0.0916. The molecule has 2 aliphatic rings. The van der Waals surface area contributed by atoms with Gasteiger partial charge in [0.1, 0.15) is 11.6 Å². The Balaban J connectivity index is 1.79. The van der Waals surface area contributed by atoms with Gasteiger partial charge < -0.3 is 10.4 Å². The molecule has 0 saturated heterocycles. The lowest BCUT2D eigenvalue weighted by Gasteiger charge is -2.26. The van der Waals surface area contributed by atoms with Gasteiger partial charge in [-0.15, -0.1) is 0 Å². The van der Waals surface area contributed by atoms with Gasteiger partial charge in [0.05, 0.1) is 16.6 Å². The van der Waals surface area contributed by atoms with Crippen LogP contribution in [-0.2, 0) is 4.79 Å². The van der Waals surface area contributed by atoms with E-state index in [2.05, 4.69) is 10.4 Å². The van der Waals surface area contributed by atoms with Crippen LogP contribution in [0.25, 0.3) is 0 Å². The van der Waals surface area contributed by atoms with Gasteiger partial charge in [-0.05, 0) is 30.5 Å². The maximum atomic E-state index is 12.7. The molecule has 1 aliphatic heterocycles. The molecule has 4 rings (SSSR count). The second-order valence-corrected chi connectivity index (χ2v) is 7.64. The molecule has 1 amide bonds. The number of hydrogen-bond donors (Lipinski definition) is 3. The number of aromatic hydroxyl groups is 1. The van der Waals surface area contributed by atoms with Crippen LogP contribution in [0.1, 0.15) is 68.0 Å². The van der Waals surface area contributed by atoms with E-state index in [1.807, 2.05) is 4.68 Å². The molecule has 0 unspecified atom stereocenters. The van der Waals surface area contributed by atoms with E-state index in [0.29, 0.717) is 11.4 Å². The smallest absolute Gasteiger partial charge is 0.270 e. The normalized spacial score (nSPS) is 21.1. The molecule has 26 heavy (non-hydrogen) atoms. The van der Waals surface area contributed by atoms with Crippen LogP contribution in [0.15, 0.2) is 23.0 Å². The zero-order chi connectivity index (χ0) is 18.3. The maximum absolute atomic E-state index is 12.7. The summed E-state index contributed by atoms with van der Waals surface area (Å²) in [6.45, 7) is 0. The SMILES string of the molecule is O=C1C[C@@H](c2ccc(O)c(Cl)c2)c2c(n(C3CCCCCC3)[nH]c2=O)N1. The highest BCUT2D eigenvalue weighted by Gasteiger charge is 2.34. The Morgan fingerprint density at radius 3 is 2.54 bits per heavy atom. The third-order valence-corrected chi connectivity index (χ3v) is 5.83. The first-order chi connectivity index (χ1) is 12.5. The van der Waals surface area contributed by atoms with Crippen molar-refractivity contribution < 1.29 is 9.90 Å². The first-order valence-electron chi connectivity index (χ1n) is 9.17. The molecular weight excluding hydrogens is 354 g/mol. The Morgan fingerprint density at radius 2 is 1.85 bits per heavy atom. The van der Waals surface area contributed by atoms with Gasteiger partial charge in [0, 0.05) is 12.3 Å². The van der Waals surface area contributed by atoms with E-state index in [1.54, 1.807) is 12.1 Å². The maximum Gasteiger partial charge on any atom is 0.270 e. The summed E-state index contributed by atoms with van der Waals surface area (Å²) in [5.41, 5.74) is 1.17. The average Bonchev–Trinajstić information content (AvgIpc) is 2.80. The standard InChI is InChI=1S/C19H22ClN3O3/c20-14-9-11(7-8-15(14)24)13-10-16(25)21-18-17(13)19(26)22-23(18)12-5-3-1-2-4-6-12/h7-9,12-13,24H,1-6,10H2,(H,21,25)(H,22,26)/t13-/m0/s1. The first-order valence-corrected chi connectivity index (χ1v) is 9.55. The van der Waals surface area contributed by atoms with E-state index in [0.717, 1.165) is 31.2 Å². The van der Waals surface area contributed by atoms with Crippen LogP contribution < -0.4 is 10.9 Å². The number of rotatable bonds is 2. The van der Waals surface area contributed by atoms with Crippen LogP contribution in [0.2, 0.25) is 5.02 Å². The molecule has 1 aromatic carbocycles. The number of nitrogens with one attached hydrogen (secondary N) is 2. The average molecular weight is 376 g/mol. The second-order valence-electron chi connectivity index (χ2n) is 7.23. The van der Waals surface area contributed by atoms with Crippen molar-refractivity contribution in [1.29, 1.82) is 0 Å². The Bertz CT molecular complexity index is 894. The number of nitrogens with zero attached hydrogens (tertiary/aromatic N) is 1. The van der Waals surface area contributed by atoms with Gasteiger partial charge in [-0.2, -0.15) is 0 Å². The number of aromatic nitrogens is 2. The summed E-state index contributed by atoms with van der Waals surface area (Å²) in [6.07, 6.45) is 6.88. The third-order valence-electron chi connectivity index (χ3n) is 5.52. The molecule has 1 saturated carbocycles. The van der Waals surface area contributed by atoms with Crippen LogP contribution in [0.3, 0.4) is 0 Å². The number of aromatic amines is 1. The first kappa shape index (κ1) is 17.2. The Morgan fingerprint density at radius 1 is 1.12 bits per heavy atom. The predicted octanol–water partition coefficient (Wildman–Crippen LogP) is 3.90. The van der Waals surface area contributed by atoms with Gasteiger partial charge >= 0.3 is 0 Å².